The summed E-state index contributed by atoms with van der Waals surface area (Å²) in [6.45, 7) is 6.05. The van der Waals surface area contributed by atoms with Crippen molar-refractivity contribution in [1.82, 2.24) is 9.80 Å². The minimum Gasteiger partial charge on any atom is -0.477 e. The maximum Gasteiger partial charge on any atom is 0.352 e. The molecule has 0 aromatic rings. The molecule has 4 atom stereocenters. The quantitative estimate of drug-likeness (QED) is 0.404. The summed E-state index contributed by atoms with van der Waals surface area (Å²) in [5.41, 5.74) is 1.57. The summed E-state index contributed by atoms with van der Waals surface area (Å²) in [6, 6.07) is -0.169. The number of likely N-dealkylation sites (tertiary alicyclic amines) is 1. The zero-order chi connectivity index (χ0) is 18.5. The molecule has 3 N–H and O–H groups in total. The Morgan fingerprint density at radius 3 is 2.64 bits per heavy atom. The Kier molecular flexibility index (Phi) is 4.45. The molecule has 7 heteroatoms. The van der Waals surface area contributed by atoms with E-state index in [0.717, 1.165) is 25.0 Å². The molecular weight excluding hydrogens is 322 g/mol. The number of carbonyl (C=O) groups excluding carboxylic acids is 1. The summed E-state index contributed by atoms with van der Waals surface area (Å²) in [4.78, 5) is 27.4. The van der Waals surface area contributed by atoms with Gasteiger partial charge in [-0.3, -0.25) is 10.2 Å². The zero-order valence-corrected chi connectivity index (χ0v) is 14.8. The summed E-state index contributed by atoms with van der Waals surface area (Å²) >= 11 is 0. The smallest absolute Gasteiger partial charge is 0.352 e. The van der Waals surface area contributed by atoms with Crippen LogP contribution in [0, 0.1) is 11.3 Å². The van der Waals surface area contributed by atoms with Gasteiger partial charge in [0.05, 0.1) is 23.9 Å². The number of hydrogen-bond acceptors (Lipinski definition) is 4. The fourth-order valence-corrected chi connectivity index (χ4v) is 4.39. The molecule has 3 heterocycles. The lowest BCUT2D eigenvalue weighted by atomic mass is 9.82. The van der Waals surface area contributed by atoms with Gasteiger partial charge >= 0.3 is 5.97 Å². The van der Waals surface area contributed by atoms with Crippen LogP contribution in [-0.2, 0) is 9.59 Å². The Labute approximate surface area is 147 Å². The van der Waals surface area contributed by atoms with Crippen molar-refractivity contribution in [2.24, 2.45) is 5.92 Å². The average Bonchev–Trinajstić information content (AvgIpc) is 3.08. The summed E-state index contributed by atoms with van der Waals surface area (Å²) in [5, 5.41) is 27.3. The first-order valence-corrected chi connectivity index (χ1v) is 8.72. The summed E-state index contributed by atoms with van der Waals surface area (Å²) in [5.74, 6) is -1.42. The molecule has 2 fully saturated rings. The number of allylic oxidation sites excluding steroid dienone is 1. The number of rotatable bonds is 4. The normalized spacial score (nSPS) is 30.5. The molecule has 0 aromatic carbocycles. The fourth-order valence-electron chi connectivity index (χ4n) is 4.39. The van der Waals surface area contributed by atoms with Gasteiger partial charge in [-0.05, 0) is 51.2 Å². The second kappa shape index (κ2) is 6.29. The molecule has 3 aliphatic rings. The maximum absolute atomic E-state index is 12.3. The van der Waals surface area contributed by atoms with Crippen LogP contribution in [0.4, 0.5) is 0 Å². The van der Waals surface area contributed by atoms with Crippen LogP contribution in [0.25, 0.3) is 0 Å². The molecule has 3 rings (SSSR count). The van der Waals surface area contributed by atoms with Crippen molar-refractivity contribution < 1.29 is 19.8 Å². The summed E-state index contributed by atoms with van der Waals surface area (Å²) < 4.78 is 0. The third-order valence-electron chi connectivity index (χ3n) is 5.58. The highest BCUT2D eigenvalue weighted by Gasteiger charge is 2.56. The topological polar surface area (TPSA) is 105 Å². The van der Waals surface area contributed by atoms with Gasteiger partial charge in [-0.1, -0.05) is 6.08 Å². The number of amidine groups is 1. The van der Waals surface area contributed by atoms with E-state index in [0.29, 0.717) is 17.8 Å². The van der Waals surface area contributed by atoms with Gasteiger partial charge in [0.15, 0.2) is 0 Å². The number of β-lactam (4-membered cyclic amide) rings is 1. The Bertz CT molecular complexity index is 694. The van der Waals surface area contributed by atoms with E-state index in [9.17, 15) is 19.8 Å². The number of nitrogens with zero attached hydrogens (tertiary/aromatic N) is 2. The number of aliphatic hydroxyl groups excluding tert-OH is 1. The van der Waals surface area contributed by atoms with Crippen molar-refractivity contribution in [3.05, 3.63) is 22.9 Å². The Morgan fingerprint density at radius 2 is 2.08 bits per heavy atom. The van der Waals surface area contributed by atoms with E-state index < -0.39 is 18.0 Å². The SMILES string of the molecule is CC(=N)N1CCC[C@H]1/C=C(\C)C1=C(C(=O)O)N2C(=O)[C@H]([C@@H](C)O)[C@H]2C1. The summed E-state index contributed by atoms with van der Waals surface area (Å²) in [6.07, 6.45) is 3.65. The lowest BCUT2D eigenvalue weighted by Gasteiger charge is -2.44. The largest absolute Gasteiger partial charge is 0.477 e. The van der Waals surface area contributed by atoms with Crippen LogP contribution in [-0.4, -0.2) is 62.5 Å². The van der Waals surface area contributed by atoms with Gasteiger partial charge in [0.2, 0.25) is 5.91 Å². The highest BCUT2D eigenvalue weighted by atomic mass is 16.4. The van der Waals surface area contributed by atoms with E-state index in [1.54, 1.807) is 13.8 Å². The molecule has 0 spiro atoms. The monoisotopic (exact) mass is 347 g/mol. The van der Waals surface area contributed by atoms with E-state index in [4.69, 9.17) is 5.41 Å². The van der Waals surface area contributed by atoms with E-state index in [1.807, 2.05) is 17.9 Å². The lowest BCUT2D eigenvalue weighted by Crippen LogP contribution is -2.61. The third-order valence-corrected chi connectivity index (χ3v) is 5.58. The van der Waals surface area contributed by atoms with Crippen molar-refractivity contribution in [2.45, 2.75) is 58.2 Å². The first-order chi connectivity index (χ1) is 11.7. The number of carbonyl (C=O) groups is 2. The van der Waals surface area contributed by atoms with Gasteiger partial charge in [0.25, 0.3) is 0 Å². The Balaban J connectivity index is 1.90. The maximum atomic E-state index is 12.3. The molecule has 0 bridgehead atoms. The number of amides is 1. The number of aliphatic hydroxyl groups is 1. The second-order valence-electron chi connectivity index (χ2n) is 7.22. The van der Waals surface area contributed by atoms with Crippen molar-refractivity contribution >= 4 is 17.7 Å². The number of hydrogen-bond donors (Lipinski definition) is 3. The van der Waals surface area contributed by atoms with Gasteiger partial charge in [-0.15, -0.1) is 0 Å². The molecule has 0 radical (unpaired) electrons. The van der Waals surface area contributed by atoms with Crippen LogP contribution in [0.15, 0.2) is 22.9 Å². The number of carboxylic acids is 1. The van der Waals surface area contributed by atoms with Crippen LogP contribution in [0.3, 0.4) is 0 Å². The number of fused-ring (bicyclic) bond motifs is 1. The van der Waals surface area contributed by atoms with Gasteiger partial charge in [-0.25, -0.2) is 4.79 Å². The molecule has 0 unspecified atom stereocenters. The summed E-state index contributed by atoms with van der Waals surface area (Å²) in [7, 11) is 0. The fraction of sp³-hybridized carbons (Fsp3) is 0.611. The zero-order valence-electron chi connectivity index (χ0n) is 14.8. The second-order valence-corrected chi connectivity index (χ2v) is 7.22. The first-order valence-electron chi connectivity index (χ1n) is 8.72. The van der Waals surface area contributed by atoms with Crippen LogP contribution in [0.2, 0.25) is 0 Å². The van der Waals surface area contributed by atoms with Gasteiger partial charge in [0, 0.05) is 12.6 Å². The van der Waals surface area contributed by atoms with Crippen molar-refractivity contribution in [1.29, 1.82) is 5.41 Å². The molecule has 136 valence electrons. The minimum atomic E-state index is -1.10. The van der Waals surface area contributed by atoms with Crippen LogP contribution < -0.4 is 0 Å². The standard InChI is InChI=1S/C18H25N3O4/c1-9(7-12-5-4-6-20(12)11(3)19)13-8-14-15(10(2)22)17(23)21(14)16(13)18(24)25/h7,10,12,14-15,19,22H,4-6,8H2,1-3H3,(H,24,25)/b9-7+,19-11?/t10-,12+,14-,15-/m1/s1. The van der Waals surface area contributed by atoms with E-state index >= 15 is 0 Å². The number of aliphatic carboxylic acids is 1. The molecule has 0 aromatic heterocycles. The Hall–Kier alpha value is -2.15. The molecule has 3 aliphatic heterocycles. The molecule has 0 saturated carbocycles. The van der Waals surface area contributed by atoms with Crippen molar-refractivity contribution in [3.63, 3.8) is 0 Å². The van der Waals surface area contributed by atoms with Crippen LogP contribution in [0.5, 0.6) is 0 Å². The number of nitrogens with one attached hydrogen (secondary N) is 1. The average molecular weight is 347 g/mol. The molecule has 2 saturated heterocycles. The van der Waals surface area contributed by atoms with Crippen molar-refractivity contribution in [3.8, 4) is 0 Å². The predicted molar refractivity (Wildman–Crippen MR) is 92.0 cm³/mol. The van der Waals surface area contributed by atoms with Crippen molar-refractivity contribution in [2.75, 3.05) is 6.54 Å². The highest BCUT2D eigenvalue weighted by Crippen LogP contribution is 2.45. The van der Waals surface area contributed by atoms with E-state index in [-0.39, 0.29) is 23.7 Å². The van der Waals surface area contributed by atoms with Crippen LogP contribution >= 0.6 is 0 Å². The lowest BCUT2D eigenvalue weighted by molar-refractivity contribution is -0.161. The van der Waals surface area contributed by atoms with Gasteiger partial charge < -0.3 is 20.0 Å². The van der Waals surface area contributed by atoms with Crippen LogP contribution in [0.1, 0.15) is 40.0 Å². The molecule has 25 heavy (non-hydrogen) atoms. The first kappa shape index (κ1) is 17.7. The van der Waals surface area contributed by atoms with Gasteiger partial charge in [-0.2, -0.15) is 0 Å². The minimum absolute atomic E-state index is 0.0526. The Morgan fingerprint density at radius 1 is 1.40 bits per heavy atom. The van der Waals surface area contributed by atoms with Gasteiger partial charge in [0.1, 0.15) is 5.70 Å². The number of carboxylic acid groups (broad SMARTS) is 1. The molecule has 0 aliphatic carbocycles. The highest BCUT2D eigenvalue weighted by molar-refractivity contribution is 6.00. The van der Waals surface area contributed by atoms with E-state index in [2.05, 4.69) is 0 Å². The third kappa shape index (κ3) is 2.76. The van der Waals surface area contributed by atoms with E-state index in [1.165, 1.54) is 4.90 Å². The molecular formula is C18H25N3O4. The molecule has 7 nitrogen and oxygen atoms in total. The predicted octanol–water partition coefficient (Wildman–Crippen LogP) is 1.34. The molecule has 1 amide bonds.